The maximum atomic E-state index is 12.3. The minimum absolute atomic E-state index is 0.339. The van der Waals surface area contributed by atoms with E-state index in [-0.39, 0.29) is 0 Å². The molecule has 1 aliphatic heterocycles. The van der Waals surface area contributed by atoms with E-state index in [2.05, 4.69) is 39.6 Å². The van der Waals surface area contributed by atoms with E-state index in [0.29, 0.717) is 17.7 Å². The molecule has 2 aliphatic rings. The van der Waals surface area contributed by atoms with Crippen molar-refractivity contribution in [2.45, 2.75) is 45.6 Å². The Balaban J connectivity index is 1.40. The molecular formula is C19H25N3O. The van der Waals surface area contributed by atoms with Gasteiger partial charge in [-0.15, -0.1) is 0 Å². The highest BCUT2D eigenvalue weighted by Gasteiger charge is 2.31. The Morgan fingerprint density at radius 2 is 1.91 bits per heavy atom. The molecule has 2 aromatic rings. The third kappa shape index (κ3) is 2.75. The van der Waals surface area contributed by atoms with Gasteiger partial charge in [-0.2, -0.15) is 0 Å². The first-order valence-electron chi connectivity index (χ1n) is 8.93. The van der Waals surface area contributed by atoms with Crippen LogP contribution in [0.4, 0.5) is 0 Å². The van der Waals surface area contributed by atoms with Crippen LogP contribution in [0.25, 0.3) is 11.0 Å². The Bertz CT molecular complexity index is 708. The lowest BCUT2D eigenvalue weighted by atomic mass is 9.83. The third-order valence-corrected chi connectivity index (χ3v) is 5.67. The first kappa shape index (κ1) is 14.7. The molecule has 4 rings (SSSR count). The fourth-order valence-corrected chi connectivity index (χ4v) is 3.93. The molecule has 0 radical (unpaired) electrons. The van der Waals surface area contributed by atoms with E-state index in [4.69, 9.17) is 0 Å². The minimum atomic E-state index is 0.339. The van der Waals surface area contributed by atoms with Gasteiger partial charge in [0.25, 0.3) is 0 Å². The number of nitrogens with zero attached hydrogens (tertiary/aromatic N) is 3. The number of benzene rings is 1. The van der Waals surface area contributed by atoms with E-state index >= 15 is 0 Å². The normalized spacial score (nSPS) is 20.0. The van der Waals surface area contributed by atoms with Crippen molar-refractivity contribution in [2.24, 2.45) is 11.8 Å². The number of aryl methyl sites for hydroxylation is 1. The molecule has 1 saturated heterocycles. The van der Waals surface area contributed by atoms with Crippen molar-refractivity contribution in [3.05, 3.63) is 30.1 Å². The molecule has 4 nitrogen and oxygen atoms in total. The quantitative estimate of drug-likeness (QED) is 0.871. The smallest absolute Gasteiger partial charge is 0.225 e. The number of piperidine rings is 1. The van der Waals surface area contributed by atoms with Crippen LogP contribution in [0, 0.1) is 18.8 Å². The highest BCUT2D eigenvalue weighted by Crippen LogP contribution is 2.30. The number of amides is 1. The number of carbonyl (C=O) groups excluding carboxylic acids is 1. The second-order valence-corrected chi connectivity index (χ2v) is 7.15. The van der Waals surface area contributed by atoms with Crippen LogP contribution in [-0.2, 0) is 11.3 Å². The summed E-state index contributed by atoms with van der Waals surface area (Å²) in [5, 5.41) is 0. The molecule has 1 amide bonds. The number of imidazole rings is 1. The summed E-state index contributed by atoms with van der Waals surface area (Å²) >= 11 is 0. The monoisotopic (exact) mass is 311 g/mol. The van der Waals surface area contributed by atoms with Crippen molar-refractivity contribution in [3.8, 4) is 0 Å². The van der Waals surface area contributed by atoms with Crippen LogP contribution < -0.4 is 0 Å². The van der Waals surface area contributed by atoms with Gasteiger partial charge in [0.05, 0.1) is 11.0 Å². The number of para-hydroxylation sites is 2. The van der Waals surface area contributed by atoms with Gasteiger partial charge in [0, 0.05) is 25.6 Å². The average Bonchev–Trinajstić information content (AvgIpc) is 2.82. The number of rotatable bonds is 3. The molecule has 23 heavy (non-hydrogen) atoms. The third-order valence-electron chi connectivity index (χ3n) is 5.67. The van der Waals surface area contributed by atoms with Crippen LogP contribution in [0.5, 0.6) is 0 Å². The standard InChI is InChI=1S/C19H25N3O/c1-14-20-17-7-2-3-8-18(17)22(14)13-15-9-11-21(12-10-15)19(23)16-5-4-6-16/h2-3,7-8,15-16H,4-6,9-13H2,1H3. The van der Waals surface area contributed by atoms with Gasteiger partial charge in [-0.05, 0) is 50.7 Å². The number of likely N-dealkylation sites (tertiary alicyclic amines) is 1. The van der Waals surface area contributed by atoms with E-state index in [1.807, 2.05) is 6.07 Å². The van der Waals surface area contributed by atoms with Crippen LogP contribution >= 0.6 is 0 Å². The molecular weight excluding hydrogens is 286 g/mol. The topological polar surface area (TPSA) is 38.1 Å². The number of hydrogen-bond acceptors (Lipinski definition) is 2. The second kappa shape index (κ2) is 5.99. The largest absolute Gasteiger partial charge is 0.342 e. The molecule has 122 valence electrons. The molecule has 1 aromatic carbocycles. The van der Waals surface area contributed by atoms with Crippen molar-refractivity contribution < 1.29 is 4.79 Å². The van der Waals surface area contributed by atoms with Gasteiger partial charge in [0.1, 0.15) is 5.82 Å². The summed E-state index contributed by atoms with van der Waals surface area (Å²) in [6, 6.07) is 8.37. The van der Waals surface area contributed by atoms with Crippen molar-refractivity contribution in [1.29, 1.82) is 0 Å². The first-order chi connectivity index (χ1) is 11.2. The van der Waals surface area contributed by atoms with E-state index in [1.165, 1.54) is 11.9 Å². The fourth-order valence-electron chi connectivity index (χ4n) is 3.93. The molecule has 4 heteroatoms. The number of aromatic nitrogens is 2. The Morgan fingerprint density at radius 1 is 1.17 bits per heavy atom. The van der Waals surface area contributed by atoms with Gasteiger partial charge in [-0.1, -0.05) is 18.6 Å². The van der Waals surface area contributed by atoms with Crippen LogP contribution in [0.15, 0.2) is 24.3 Å². The highest BCUT2D eigenvalue weighted by molar-refractivity contribution is 5.79. The van der Waals surface area contributed by atoms with Crippen molar-refractivity contribution >= 4 is 16.9 Å². The van der Waals surface area contributed by atoms with Crippen LogP contribution in [0.2, 0.25) is 0 Å². The van der Waals surface area contributed by atoms with Crippen molar-refractivity contribution in [3.63, 3.8) is 0 Å². The summed E-state index contributed by atoms with van der Waals surface area (Å²) in [7, 11) is 0. The Kier molecular flexibility index (Phi) is 3.83. The lowest BCUT2D eigenvalue weighted by molar-refractivity contribution is -0.139. The van der Waals surface area contributed by atoms with Gasteiger partial charge < -0.3 is 9.47 Å². The predicted octanol–water partition coefficient (Wildman–Crippen LogP) is 3.38. The maximum absolute atomic E-state index is 12.3. The number of carbonyl (C=O) groups is 1. The Morgan fingerprint density at radius 3 is 2.61 bits per heavy atom. The molecule has 2 heterocycles. The van der Waals surface area contributed by atoms with E-state index in [9.17, 15) is 4.79 Å². The summed E-state index contributed by atoms with van der Waals surface area (Å²) in [5.41, 5.74) is 2.32. The summed E-state index contributed by atoms with van der Waals surface area (Å²) in [6.45, 7) is 4.99. The number of hydrogen-bond donors (Lipinski definition) is 0. The van der Waals surface area contributed by atoms with Gasteiger partial charge >= 0.3 is 0 Å². The molecule has 1 aromatic heterocycles. The molecule has 0 spiro atoms. The molecule has 2 fully saturated rings. The second-order valence-electron chi connectivity index (χ2n) is 7.15. The van der Waals surface area contributed by atoms with Crippen molar-refractivity contribution in [1.82, 2.24) is 14.5 Å². The Hall–Kier alpha value is -1.84. The van der Waals surface area contributed by atoms with Gasteiger partial charge in [-0.3, -0.25) is 4.79 Å². The SMILES string of the molecule is Cc1nc2ccccc2n1CC1CCN(C(=O)C2CCC2)CC1. The lowest BCUT2D eigenvalue weighted by Gasteiger charge is -2.36. The van der Waals surface area contributed by atoms with Crippen LogP contribution in [0.3, 0.4) is 0 Å². The Labute approximate surface area is 137 Å². The van der Waals surface area contributed by atoms with Gasteiger partial charge in [-0.25, -0.2) is 4.98 Å². The maximum Gasteiger partial charge on any atom is 0.225 e. The van der Waals surface area contributed by atoms with E-state index < -0.39 is 0 Å². The predicted molar refractivity (Wildman–Crippen MR) is 91.1 cm³/mol. The van der Waals surface area contributed by atoms with Crippen LogP contribution in [0.1, 0.15) is 37.9 Å². The number of fused-ring (bicyclic) bond motifs is 1. The van der Waals surface area contributed by atoms with Gasteiger partial charge in [0.2, 0.25) is 5.91 Å². The molecule has 0 N–H and O–H groups in total. The lowest BCUT2D eigenvalue weighted by Crippen LogP contribution is -2.44. The molecule has 1 saturated carbocycles. The summed E-state index contributed by atoms with van der Waals surface area (Å²) in [4.78, 5) is 19.1. The van der Waals surface area contributed by atoms with E-state index in [0.717, 1.165) is 56.7 Å². The molecule has 1 aliphatic carbocycles. The summed E-state index contributed by atoms with van der Waals surface area (Å²) in [6.07, 6.45) is 5.69. The fraction of sp³-hybridized carbons (Fsp3) is 0.579. The zero-order chi connectivity index (χ0) is 15.8. The minimum Gasteiger partial charge on any atom is -0.342 e. The zero-order valence-electron chi connectivity index (χ0n) is 13.9. The molecule has 0 atom stereocenters. The first-order valence-corrected chi connectivity index (χ1v) is 8.93. The average molecular weight is 311 g/mol. The van der Waals surface area contributed by atoms with Gasteiger partial charge in [0.15, 0.2) is 0 Å². The van der Waals surface area contributed by atoms with Crippen molar-refractivity contribution in [2.75, 3.05) is 13.1 Å². The highest BCUT2D eigenvalue weighted by atomic mass is 16.2. The van der Waals surface area contributed by atoms with Crippen LogP contribution in [-0.4, -0.2) is 33.4 Å². The zero-order valence-corrected chi connectivity index (χ0v) is 13.9. The summed E-state index contributed by atoms with van der Waals surface area (Å²) < 4.78 is 2.35. The molecule has 0 bridgehead atoms. The summed E-state index contributed by atoms with van der Waals surface area (Å²) in [5.74, 6) is 2.50. The van der Waals surface area contributed by atoms with E-state index in [1.54, 1.807) is 0 Å². The molecule has 0 unspecified atom stereocenters.